The van der Waals surface area contributed by atoms with Gasteiger partial charge in [-0.1, -0.05) is 0 Å². The minimum absolute atomic E-state index is 0.0796. The van der Waals surface area contributed by atoms with E-state index in [9.17, 15) is 14.2 Å². The highest BCUT2D eigenvalue weighted by molar-refractivity contribution is 7.54. The topological polar surface area (TPSA) is 69.7 Å². The maximum Gasteiger partial charge on any atom is 0.337 e. The van der Waals surface area contributed by atoms with Crippen molar-refractivity contribution in [2.75, 3.05) is 20.4 Å². The molecule has 1 saturated carbocycles. The van der Waals surface area contributed by atoms with Gasteiger partial charge in [0.25, 0.3) is 0 Å². The van der Waals surface area contributed by atoms with E-state index in [1.54, 1.807) is 6.92 Å². The molecule has 1 aliphatic rings. The van der Waals surface area contributed by atoms with Crippen LogP contribution < -0.4 is 0 Å². The minimum Gasteiger partial charge on any atom is -0.312 e. The Balaban J connectivity index is 2.50. The third-order valence-electron chi connectivity index (χ3n) is 3.66. The molecular formula is C12H21O5P. The summed E-state index contributed by atoms with van der Waals surface area (Å²) in [5.74, 6) is 0.0920. The highest BCUT2D eigenvalue weighted by Gasteiger charge is 2.33. The van der Waals surface area contributed by atoms with Gasteiger partial charge in [-0.25, -0.2) is 0 Å². The van der Waals surface area contributed by atoms with E-state index in [0.29, 0.717) is 12.8 Å². The van der Waals surface area contributed by atoms with Gasteiger partial charge in [0.05, 0.1) is 0 Å². The number of hydrogen-bond acceptors (Lipinski definition) is 5. The Morgan fingerprint density at radius 2 is 1.50 bits per heavy atom. The van der Waals surface area contributed by atoms with Gasteiger partial charge in [0, 0.05) is 26.1 Å². The maximum atomic E-state index is 12.0. The van der Waals surface area contributed by atoms with Crippen LogP contribution in [0.1, 0.15) is 32.6 Å². The predicted molar refractivity (Wildman–Crippen MR) is 67.6 cm³/mol. The van der Waals surface area contributed by atoms with Gasteiger partial charge in [0.15, 0.2) is 0 Å². The number of carbonyl (C=O) groups is 2. The fraction of sp³-hybridized carbons (Fsp3) is 0.833. The van der Waals surface area contributed by atoms with Crippen molar-refractivity contribution in [1.29, 1.82) is 0 Å². The summed E-state index contributed by atoms with van der Waals surface area (Å²) >= 11 is 0. The summed E-state index contributed by atoms with van der Waals surface area (Å²) in [5, 5.41) is 0. The lowest BCUT2D eigenvalue weighted by atomic mass is 9.79. The summed E-state index contributed by atoms with van der Waals surface area (Å²) in [7, 11) is -0.691. The monoisotopic (exact) mass is 276 g/mol. The van der Waals surface area contributed by atoms with Crippen molar-refractivity contribution in [1.82, 2.24) is 0 Å². The van der Waals surface area contributed by atoms with Crippen LogP contribution >= 0.6 is 7.60 Å². The molecule has 0 atom stereocenters. The molecule has 0 bridgehead atoms. The van der Waals surface area contributed by atoms with Crippen molar-refractivity contribution in [3.05, 3.63) is 0 Å². The zero-order valence-corrected chi connectivity index (χ0v) is 12.1. The van der Waals surface area contributed by atoms with Crippen molar-refractivity contribution in [3.63, 3.8) is 0 Å². The molecule has 1 rings (SSSR count). The molecule has 0 N–H and O–H groups in total. The van der Waals surface area contributed by atoms with Gasteiger partial charge in [0.1, 0.15) is 17.7 Å². The van der Waals surface area contributed by atoms with E-state index in [-0.39, 0.29) is 29.6 Å². The van der Waals surface area contributed by atoms with E-state index in [4.69, 9.17) is 9.05 Å². The summed E-state index contributed by atoms with van der Waals surface area (Å²) in [4.78, 5) is 23.2. The summed E-state index contributed by atoms with van der Waals surface area (Å²) in [6.07, 6.45) is 2.70. The van der Waals surface area contributed by atoms with Gasteiger partial charge in [-0.05, 0) is 32.6 Å². The maximum absolute atomic E-state index is 12.0. The van der Waals surface area contributed by atoms with Crippen LogP contribution in [0.3, 0.4) is 0 Å². The Morgan fingerprint density at radius 1 is 1.06 bits per heavy atom. The molecule has 0 radical (unpaired) electrons. The zero-order valence-electron chi connectivity index (χ0n) is 11.2. The molecule has 104 valence electrons. The van der Waals surface area contributed by atoms with Crippen molar-refractivity contribution in [2.24, 2.45) is 11.8 Å². The fourth-order valence-corrected chi connectivity index (χ4v) is 3.39. The molecule has 0 amide bonds. The first-order chi connectivity index (χ1) is 8.41. The Bertz CT molecular complexity index is 349. The smallest absolute Gasteiger partial charge is 0.312 e. The molecule has 0 heterocycles. The molecule has 1 aliphatic carbocycles. The molecule has 0 aromatic rings. The van der Waals surface area contributed by atoms with Crippen LogP contribution in [-0.2, 0) is 23.2 Å². The van der Waals surface area contributed by atoms with Gasteiger partial charge in [-0.2, -0.15) is 0 Å². The van der Waals surface area contributed by atoms with Crippen molar-refractivity contribution in [2.45, 2.75) is 32.6 Å². The van der Waals surface area contributed by atoms with E-state index in [1.165, 1.54) is 14.2 Å². The predicted octanol–water partition coefficient (Wildman–Crippen LogP) is 2.44. The van der Waals surface area contributed by atoms with Gasteiger partial charge < -0.3 is 9.05 Å². The molecule has 0 spiro atoms. The highest BCUT2D eigenvalue weighted by atomic mass is 31.2. The molecule has 0 aliphatic heterocycles. The standard InChI is InChI=1S/C12H21O5P/c1-9(13)10-4-6-11(7-5-10)12(14)8-18(15,16-2)17-3/h10-11H,4-8H2,1-3H3/t10-,11-. The number of hydrogen-bond donors (Lipinski definition) is 0. The number of rotatable bonds is 6. The zero-order chi connectivity index (χ0) is 13.8. The fourth-order valence-electron chi connectivity index (χ4n) is 2.35. The largest absolute Gasteiger partial charge is 0.337 e. The first-order valence-corrected chi connectivity index (χ1v) is 7.88. The average Bonchev–Trinajstić information content (AvgIpc) is 2.38. The van der Waals surface area contributed by atoms with Crippen molar-refractivity contribution >= 4 is 19.2 Å². The Labute approximate surface area is 108 Å². The molecule has 0 unspecified atom stereocenters. The SMILES string of the molecule is COP(=O)(CC(=O)[C@H]1CC[C@H](C(C)=O)CC1)OC. The van der Waals surface area contributed by atoms with Crippen LogP contribution in [0.25, 0.3) is 0 Å². The lowest BCUT2D eigenvalue weighted by molar-refractivity contribution is -0.126. The Morgan fingerprint density at radius 3 is 1.89 bits per heavy atom. The normalized spacial score (nSPS) is 24.8. The van der Waals surface area contributed by atoms with Gasteiger partial charge >= 0.3 is 7.60 Å². The van der Waals surface area contributed by atoms with Crippen LogP contribution in [0.4, 0.5) is 0 Å². The third kappa shape index (κ3) is 4.01. The quantitative estimate of drug-likeness (QED) is 0.697. The summed E-state index contributed by atoms with van der Waals surface area (Å²) < 4.78 is 21.4. The molecule has 0 aromatic heterocycles. The summed E-state index contributed by atoms with van der Waals surface area (Å²) in [6.45, 7) is 1.59. The van der Waals surface area contributed by atoms with E-state index >= 15 is 0 Å². The molecule has 5 nitrogen and oxygen atoms in total. The molecular weight excluding hydrogens is 255 g/mol. The van der Waals surface area contributed by atoms with Crippen LogP contribution in [0.15, 0.2) is 0 Å². The molecule has 0 saturated heterocycles. The second kappa shape index (κ2) is 6.60. The lowest BCUT2D eigenvalue weighted by Crippen LogP contribution is -2.26. The number of Topliss-reactive ketones (excluding diaryl/α,β-unsaturated/α-hetero) is 2. The van der Waals surface area contributed by atoms with Crippen LogP contribution in [0, 0.1) is 11.8 Å². The van der Waals surface area contributed by atoms with E-state index in [1.807, 2.05) is 0 Å². The Hall–Kier alpha value is -0.510. The molecule has 1 fully saturated rings. The van der Waals surface area contributed by atoms with Crippen LogP contribution in [0.2, 0.25) is 0 Å². The lowest BCUT2D eigenvalue weighted by Gasteiger charge is -2.26. The van der Waals surface area contributed by atoms with E-state index in [0.717, 1.165) is 12.8 Å². The summed E-state index contributed by atoms with van der Waals surface area (Å²) in [6, 6.07) is 0. The van der Waals surface area contributed by atoms with Gasteiger partial charge in [0.2, 0.25) is 0 Å². The Kier molecular flexibility index (Phi) is 5.70. The highest BCUT2D eigenvalue weighted by Crippen LogP contribution is 2.47. The van der Waals surface area contributed by atoms with Crippen LogP contribution in [0.5, 0.6) is 0 Å². The summed E-state index contributed by atoms with van der Waals surface area (Å²) in [5.41, 5.74) is 0. The second-order valence-corrected chi connectivity index (χ2v) is 7.03. The van der Waals surface area contributed by atoms with Crippen LogP contribution in [-0.4, -0.2) is 31.9 Å². The molecule has 6 heteroatoms. The first-order valence-electron chi connectivity index (χ1n) is 6.15. The number of ketones is 2. The van der Waals surface area contributed by atoms with E-state index in [2.05, 4.69) is 0 Å². The van der Waals surface area contributed by atoms with Crippen molar-refractivity contribution in [3.8, 4) is 0 Å². The molecule has 18 heavy (non-hydrogen) atoms. The minimum atomic E-state index is -3.25. The van der Waals surface area contributed by atoms with Gasteiger partial charge in [-0.3, -0.25) is 14.2 Å². The first kappa shape index (κ1) is 15.5. The second-order valence-electron chi connectivity index (χ2n) is 4.76. The third-order valence-corrected chi connectivity index (χ3v) is 5.47. The van der Waals surface area contributed by atoms with E-state index < -0.39 is 7.60 Å². The number of carbonyl (C=O) groups excluding carboxylic acids is 2. The molecule has 0 aromatic carbocycles. The van der Waals surface area contributed by atoms with Gasteiger partial charge in [-0.15, -0.1) is 0 Å². The van der Waals surface area contributed by atoms with Crippen molar-refractivity contribution < 1.29 is 23.2 Å². The average molecular weight is 276 g/mol.